The number of hydrogen-bond donors (Lipinski definition) is 0. The summed E-state index contributed by atoms with van der Waals surface area (Å²) in [5.41, 5.74) is -0.710. The van der Waals surface area contributed by atoms with Gasteiger partial charge < -0.3 is 9.64 Å². The van der Waals surface area contributed by atoms with Gasteiger partial charge in [-0.15, -0.1) is 0 Å². The number of thioether (sulfide) groups is 1. The summed E-state index contributed by atoms with van der Waals surface area (Å²) < 4.78 is 4.99. The lowest BCUT2D eigenvalue weighted by Crippen LogP contribution is -2.32. The minimum atomic E-state index is -0.708. The molecular formula is C14H21NO4S. The van der Waals surface area contributed by atoms with Crippen LogP contribution in [0.1, 0.15) is 34.6 Å². The number of nitrogens with zero attached hydrogens (tertiary/aromatic N) is 1. The lowest BCUT2D eigenvalue weighted by atomic mass is 9.86. The summed E-state index contributed by atoms with van der Waals surface area (Å²) in [7, 11) is 0. The average molecular weight is 299 g/mol. The van der Waals surface area contributed by atoms with Gasteiger partial charge in [0, 0.05) is 12.0 Å². The maximum atomic E-state index is 12.5. The van der Waals surface area contributed by atoms with Crippen LogP contribution in [-0.4, -0.2) is 41.5 Å². The number of carbonyl (C=O) groups is 3. The molecule has 1 saturated heterocycles. The molecular weight excluding hydrogens is 278 g/mol. The van der Waals surface area contributed by atoms with E-state index in [4.69, 9.17) is 4.74 Å². The molecule has 0 aromatic rings. The van der Waals surface area contributed by atoms with Gasteiger partial charge in [-0.3, -0.25) is 9.59 Å². The van der Waals surface area contributed by atoms with Crippen molar-refractivity contribution in [2.24, 2.45) is 5.41 Å². The van der Waals surface area contributed by atoms with E-state index in [1.54, 1.807) is 27.7 Å². The minimum absolute atomic E-state index is 0.00273. The van der Waals surface area contributed by atoms with E-state index in [9.17, 15) is 14.4 Å². The molecule has 1 aliphatic heterocycles. The van der Waals surface area contributed by atoms with E-state index in [-0.39, 0.29) is 29.6 Å². The molecule has 0 bridgehead atoms. The van der Waals surface area contributed by atoms with E-state index in [1.165, 1.54) is 16.7 Å². The second-order valence-electron chi connectivity index (χ2n) is 5.41. The van der Waals surface area contributed by atoms with Crippen molar-refractivity contribution >= 4 is 29.4 Å². The van der Waals surface area contributed by atoms with Crippen molar-refractivity contribution in [3.05, 3.63) is 10.6 Å². The summed E-state index contributed by atoms with van der Waals surface area (Å²) in [6.45, 7) is 9.35. The van der Waals surface area contributed by atoms with Gasteiger partial charge in [-0.25, -0.2) is 4.79 Å². The number of amides is 1. The van der Waals surface area contributed by atoms with Crippen molar-refractivity contribution < 1.29 is 19.1 Å². The molecule has 0 saturated carbocycles. The quantitative estimate of drug-likeness (QED) is 0.344. The first-order chi connectivity index (χ1) is 9.23. The van der Waals surface area contributed by atoms with Crippen LogP contribution in [0.25, 0.3) is 0 Å². The van der Waals surface area contributed by atoms with Crippen LogP contribution in [0, 0.1) is 5.41 Å². The van der Waals surface area contributed by atoms with Gasteiger partial charge in [-0.2, -0.15) is 0 Å². The van der Waals surface area contributed by atoms with Crippen molar-refractivity contribution in [1.29, 1.82) is 0 Å². The summed E-state index contributed by atoms with van der Waals surface area (Å²) in [5, 5.41) is 0.427. The van der Waals surface area contributed by atoms with E-state index >= 15 is 0 Å². The number of ketones is 1. The second-order valence-corrected chi connectivity index (χ2v) is 6.37. The fourth-order valence-corrected chi connectivity index (χ4v) is 2.90. The zero-order chi connectivity index (χ0) is 15.5. The smallest absolute Gasteiger partial charge is 0.344 e. The molecule has 1 aliphatic rings. The molecule has 1 rings (SSSR count). The maximum absolute atomic E-state index is 12.5. The molecule has 20 heavy (non-hydrogen) atoms. The standard InChI is InChI=1S/C14H21NO4S/c1-6-15-9(16)8-20-12(15)10(13(18)19-7-2)11(17)14(3,4)5/h6-8H2,1-5H3. The van der Waals surface area contributed by atoms with Crippen molar-refractivity contribution in [3.8, 4) is 0 Å². The Kier molecular flexibility index (Phi) is 5.39. The molecule has 0 spiro atoms. The van der Waals surface area contributed by atoms with Crippen LogP contribution in [0.3, 0.4) is 0 Å². The van der Waals surface area contributed by atoms with Crippen LogP contribution in [0.15, 0.2) is 10.6 Å². The monoisotopic (exact) mass is 299 g/mol. The predicted molar refractivity (Wildman–Crippen MR) is 78.0 cm³/mol. The first-order valence-corrected chi connectivity index (χ1v) is 7.61. The highest BCUT2D eigenvalue weighted by molar-refractivity contribution is 8.04. The van der Waals surface area contributed by atoms with Gasteiger partial charge in [-0.05, 0) is 13.8 Å². The molecule has 5 nitrogen and oxygen atoms in total. The van der Waals surface area contributed by atoms with Gasteiger partial charge in [0.2, 0.25) is 5.91 Å². The summed E-state index contributed by atoms with van der Waals surface area (Å²) in [4.78, 5) is 37.9. The van der Waals surface area contributed by atoms with Gasteiger partial charge in [0.15, 0.2) is 5.78 Å². The van der Waals surface area contributed by atoms with Gasteiger partial charge in [0.1, 0.15) is 5.57 Å². The Balaban J connectivity index is 3.34. The Labute approximate surface area is 123 Å². The summed E-state index contributed by atoms with van der Waals surface area (Å²) >= 11 is 1.22. The summed E-state index contributed by atoms with van der Waals surface area (Å²) in [5.74, 6) is -0.783. The first-order valence-electron chi connectivity index (χ1n) is 6.63. The SMILES string of the molecule is CCOC(=O)C(C(=O)C(C)(C)C)=C1SCC(=O)N1CC. The highest BCUT2D eigenvalue weighted by Crippen LogP contribution is 2.35. The molecule has 6 heteroatoms. The van der Waals surface area contributed by atoms with Crippen molar-refractivity contribution in [2.75, 3.05) is 18.9 Å². The molecule has 0 unspecified atom stereocenters. The van der Waals surface area contributed by atoms with E-state index < -0.39 is 11.4 Å². The molecule has 112 valence electrons. The van der Waals surface area contributed by atoms with Gasteiger partial charge in [0.25, 0.3) is 0 Å². The van der Waals surface area contributed by atoms with Crippen LogP contribution in [0.5, 0.6) is 0 Å². The molecule has 0 atom stereocenters. The third kappa shape index (κ3) is 3.42. The first kappa shape index (κ1) is 16.8. The third-order valence-corrected chi connectivity index (χ3v) is 3.89. The highest BCUT2D eigenvalue weighted by Gasteiger charge is 2.38. The molecule has 0 aromatic heterocycles. The van der Waals surface area contributed by atoms with Crippen LogP contribution >= 0.6 is 11.8 Å². The lowest BCUT2D eigenvalue weighted by molar-refractivity contribution is -0.141. The van der Waals surface area contributed by atoms with Crippen LogP contribution < -0.4 is 0 Å². The van der Waals surface area contributed by atoms with Crippen LogP contribution in [0.2, 0.25) is 0 Å². The molecule has 0 radical (unpaired) electrons. The Morgan fingerprint density at radius 2 is 1.90 bits per heavy atom. The van der Waals surface area contributed by atoms with Crippen LogP contribution in [0.4, 0.5) is 0 Å². The average Bonchev–Trinajstić information content (AvgIpc) is 2.70. The third-order valence-electron chi connectivity index (χ3n) is 2.80. The number of ether oxygens (including phenoxy) is 1. The van der Waals surface area contributed by atoms with E-state index in [2.05, 4.69) is 0 Å². The fourth-order valence-electron chi connectivity index (χ4n) is 1.78. The van der Waals surface area contributed by atoms with Gasteiger partial charge in [-0.1, -0.05) is 32.5 Å². The molecule has 1 fully saturated rings. The van der Waals surface area contributed by atoms with Crippen molar-refractivity contribution in [3.63, 3.8) is 0 Å². The number of carbonyl (C=O) groups excluding carboxylic acids is 3. The van der Waals surface area contributed by atoms with Gasteiger partial charge >= 0.3 is 5.97 Å². The number of rotatable bonds is 4. The lowest BCUT2D eigenvalue weighted by Gasteiger charge is -2.22. The molecule has 1 heterocycles. The molecule has 0 aliphatic carbocycles. The van der Waals surface area contributed by atoms with E-state index in [0.717, 1.165) is 0 Å². The number of Topliss-reactive ketones (excluding diaryl/α,β-unsaturated/α-hetero) is 1. The molecule has 0 aromatic carbocycles. The highest BCUT2D eigenvalue weighted by atomic mass is 32.2. The second kappa shape index (κ2) is 6.43. The topological polar surface area (TPSA) is 63.7 Å². The maximum Gasteiger partial charge on any atom is 0.344 e. The van der Waals surface area contributed by atoms with E-state index in [0.29, 0.717) is 11.6 Å². The Morgan fingerprint density at radius 1 is 1.30 bits per heavy atom. The Morgan fingerprint density at radius 3 is 2.35 bits per heavy atom. The number of esters is 1. The summed E-state index contributed by atoms with van der Waals surface area (Å²) in [6.07, 6.45) is 0. The van der Waals surface area contributed by atoms with Crippen LogP contribution in [-0.2, 0) is 19.1 Å². The molecule has 1 amide bonds. The molecule has 0 N–H and O–H groups in total. The zero-order valence-corrected chi connectivity index (χ0v) is 13.4. The van der Waals surface area contributed by atoms with E-state index in [1.807, 2.05) is 6.92 Å². The summed E-state index contributed by atoms with van der Waals surface area (Å²) in [6, 6.07) is 0. The van der Waals surface area contributed by atoms with Gasteiger partial charge in [0.05, 0.1) is 17.4 Å². The normalized spacial score (nSPS) is 18.2. The Hall–Kier alpha value is -1.30. The fraction of sp³-hybridized carbons (Fsp3) is 0.643. The minimum Gasteiger partial charge on any atom is -0.462 e. The van der Waals surface area contributed by atoms with Crippen molar-refractivity contribution in [1.82, 2.24) is 4.90 Å². The predicted octanol–water partition coefficient (Wildman–Crippen LogP) is 1.97. The number of hydrogen-bond acceptors (Lipinski definition) is 5. The van der Waals surface area contributed by atoms with Crippen molar-refractivity contribution in [2.45, 2.75) is 34.6 Å². The Bertz CT molecular complexity index is 462. The largest absolute Gasteiger partial charge is 0.462 e. The zero-order valence-electron chi connectivity index (χ0n) is 12.6.